The van der Waals surface area contributed by atoms with Gasteiger partial charge in [-0.05, 0) is 55.3 Å². The van der Waals surface area contributed by atoms with Crippen molar-refractivity contribution in [2.45, 2.75) is 19.8 Å². The molecule has 0 radical (unpaired) electrons. The van der Waals surface area contributed by atoms with Crippen LogP contribution in [0.5, 0.6) is 0 Å². The number of hydrogen-bond acceptors (Lipinski definition) is 2. The first-order valence-electron chi connectivity index (χ1n) is 9.33. The van der Waals surface area contributed by atoms with Crippen LogP contribution in [0.4, 0.5) is 16.2 Å². The van der Waals surface area contributed by atoms with E-state index in [-0.39, 0.29) is 6.03 Å². The molecular formula is C23H22N4O. The van der Waals surface area contributed by atoms with E-state index in [1.54, 1.807) is 0 Å². The Labute approximate surface area is 163 Å². The summed E-state index contributed by atoms with van der Waals surface area (Å²) in [6, 6.07) is 23.4. The molecule has 5 nitrogen and oxygen atoms in total. The van der Waals surface area contributed by atoms with E-state index in [0.717, 1.165) is 52.2 Å². The first-order valence-corrected chi connectivity index (χ1v) is 9.33. The third-order valence-electron chi connectivity index (χ3n) is 4.58. The van der Waals surface area contributed by atoms with Gasteiger partial charge in [-0.2, -0.15) is 0 Å². The lowest BCUT2D eigenvalue weighted by Gasteiger charge is -2.09. The highest BCUT2D eigenvalue weighted by Crippen LogP contribution is 2.16. The van der Waals surface area contributed by atoms with E-state index < -0.39 is 0 Å². The molecule has 0 saturated carbocycles. The first kappa shape index (κ1) is 17.8. The number of anilines is 2. The summed E-state index contributed by atoms with van der Waals surface area (Å²) in [5, 5.41) is 5.74. The average Bonchev–Trinajstić information content (AvgIpc) is 3.11. The van der Waals surface area contributed by atoms with Crippen molar-refractivity contribution in [2.24, 2.45) is 0 Å². The summed E-state index contributed by atoms with van der Waals surface area (Å²) < 4.78 is 0. The fourth-order valence-corrected chi connectivity index (χ4v) is 3.12. The smallest absolute Gasteiger partial charge is 0.323 e. The maximum Gasteiger partial charge on any atom is 0.323 e. The highest BCUT2D eigenvalue weighted by atomic mass is 16.2. The van der Waals surface area contributed by atoms with Gasteiger partial charge in [0.1, 0.15) is 5.82 Å². The predicted octanol–water partition coefficient (Wildman–Crippen LogP) is 5.30. The Balaban J connectivity index is 1.36. The largest absolute Gasteiger partial charge is 0.342 e. The van der Waals surface area contributed by atoms with Gasteiger partial charge >= 0.3 is 6.03 Å². The van der Waals surface area contributed by atoms with Crippen LogP contribution in [-0.2, 0) is 12.8 Å². The molecule has 4 aromatic rings. The Kier molecular flexibility index (Phi) is 5.06. The predicted molar refractivity (Wildman–Crippen MR) is 114 cm³/mol. The van der Waals surface area contributed by atoms with Crippen LogP contribution >= 0.6 is 0 Å². The number of rotatable bonds is 5. The molecule has 4 rings (SSSR count). The number of amides is 2. The van der Waals surface area contributed by atoms with Gasteiger partial charge in [-0.1, -0.05) is 42.0 Å². The number of aromatic nitrogens is 2. The number of hydrogen-bond donors (Lipinski definition) is 3. The number of urea groups is 1. The number of aryl methyl sites for hydroxylation is 3. The van der Waals surface area contributed by atoms with Crippen LogP contribution in [0.3, 0.4) is 0 Å². The lowest BCUT2D eigenvalue weighted by Crippen LogP contribution is -2.19. The SMILES string of the molecule is Cc1ccc(NC(=O)Nc2cccc(CCc3nc4ccccc4[nH]3)c2)cc1. The fraction of sp³-hybridized carbons (Fsp3) is 0.130. The summed E-state index contributed by atoms with van der Waals surface area (Å²) in [5.41, 5.74) is 5.88. The number of nitrogens with one attached hydrogen (secondary N) is 3. The van der Waals surface area contributed by atoms with E-state index >= 15 is 0 Å². The lowest BCUT2D eigenvalue weighted by molar-refractivity contribution is 0.262. The summed E-state index contributed by atoms with van der Waals surface area (Å²) in [4.78, 5) is 20.2. The molecule has 0 saturated heterocycles. The maximum absolute atomic E-state index is 12.2. The van der Waals surface area contributed by atoms with Gasteiger partial charge < -0.3 is 15.6 Å². The second-order valence-corrected chi connectivity index (χ2v) is 6.85. The molecule has 0 fully saturated rings. The second-order valence-electron chi connectivity index (χ2n) is 6.85. The standard InChI is InChI=1S/C23H22N4O/c1-16-9-12-18(13-10-16)24-23(28)25-19-6-4-5-17(15-19)11-14-22-26-20-7-2-3-8-21(20)27-22/h2-10,12-13,15H,11,14H2,1H3,(H,26,27)(H2,24,25,28). The summed E-state index contributed by atoms with van der Waals surface area (Å²) in [5.74, 6) is 0.969. The number of H-pyrrole nitrogens is 1. The second kappa shape index (κ2) is 7.96. The topological polar surface area (TPSA) is 69.8 Å². The average molecular weight is 370 g/mol. The molecule has 0 bridgehead atoms. The van der Waals surface area contributed by atoms with Gasteiger partial charge in [-0.15, -0.1) is 0 Å². The lowest BCUT2D eigenvalue weighted by atomic mass is 10.1. The summed E-state index contributed by atoms with van der Waals surface area (Å²) >= 11 is 0. The van der Waals surface area contributed by atoms with Crippen molar-refractivity contribution < 1.29 is 4.79 Å². The van der Waals surface area contributed by atoms with Gasteiger partial charge in [0, 0.05) is 17.8 Å². The summed E-state index contributed by atoms with van der Waals surface area (Å²) in [6.07, 6.45) is 1.66. The zero-order valence-corrected chi connectivity index (χ0v) is 15.7. The molecule has 3 aromatic carbocycles. The van der Waals surface area contributed by atoms with Crippen LogP contribution in [0.25, 0.3) is 11.0 Å². The van der Waals surface area contributed by atoms with Crippen molar-refractivity contribution in [1.29, 1.82) is 0 Å². The fourth-order valence-electron chi connectivity index (χ4n) is 3.12. The molecule has 0 aliphatic heterocycles. The Morgan fingerprint density at radius 3 is 2.50 bits per heavy atom. The normalized spacial score (nSPS) is 10.8. The minimum absolute atomic E-state index is 0.252. The maximum atomic E-state index is 12.2. The zero-order chi connectivity index (χ0) is 19.3. The molecule has 0 aliphatic carbocycles. The highest BCUT2D eigenvalue weighted by Gasteiger charge is 2.05. The number of carbonyl (C=O) groups is 1. The number of fused-ring (bicyclic) bond motifs is 1. The molecule has 1 aromatic heterocycles. The van der Waals surface area contributed by atoms with Crippen molar-refractivity contribution >= 4 is 28.4 Å². The molecule has 0 atom stereocenters. The van der Waals surface area contributed by atoms with Crippen LogP contribution in [0.1, 0.15) is 17.0 Å². The van der Waals surface area contributed by atoms with Crippen LogP contribution in [0, 0.1) is 6.92 Å². The third-order valence-corrected chi connectivity index (χ3v) is 4.58. The van der Waals surface area contributed by atoms with E-state index in [9.17, 15) is 4.79 Å². The van der Waals surface area contributed by atoms with Crippen molar-refractivity contribution in [3.63, 3.8) is 0 Å². The van der Waals surface area contributed by atoms with Crippen LogP contribution in [0.2, 0.25) is 0 Å². The van der Waals surface area contributed by atoms with Gasteiger partial charge in [0.25, 0.3) is 0 Å². The molecular weight excluding hydrogens is 348 g/mol. The molecule has 1 heterocycles. The van der Waals surface area contributed by atoms with E-state index in [4.69, 9.17) is 0 Å². The zero-order valence-electron chi connectivity index (χ0n) is 15.7. The Morgan fingerprint density at radius 2 is 1.68 bits per heavy atom. The first-order chi connectivity index (χ1) is 13.7. The molecule has 0 aliphatic rings. The van der Waals surface area contributed by atoms with E-state index in [0.29, 0.717) is 0 Å². The monoisotopic (exact) mass is 370 g/mol. The van der Waals surface area contributed by atoms with Crippen molar-refractivity contribution in [1.82, 2.24) is 9.97 Å². The molecule has 0 spiro atoms. The van der Waals surface area contributed by atoms with Crippen LogP contribution in [0.15, 0.2) is 72.8 Å². The summed E-state index contributed by atoms with van der Waals surface area (Å²) in [7, 11) is 0. The molecule has 140 valence electrons. The summed E-state index contributed by atoms with van der Waals surface area (Å²) in [6.45, 7) is 2.01. The van der Waals surface area contributed by atoms with Crippen LogP contribution in [-0.4, -0.2) is 16.0 Å². The Hall–Kier alpha value is -3.60. The minimum atomic E-state index is -0.252. The van der Waals surface area contributed by atoms with Gasteiger partial charge in [0.05, 0.1) is 11.0 Å². The number of nitrogens with zero attached hydrogens (tertiary/aromatic N) is 1. The van der Waals surface area contributed by atoms with Crippen molar-refractivity contribution in [3.8, 4) is 0 Å². The molecule has 28 heavy (non-hydrogen) atoms. The third kappa shape index (κ3) is 4.38. The van der Waals surface area contributed by atoms with Gasteiger partial charge in [0.15, 0.2) is 0 Å². The van der Waals surface area contributed by atoms with E-state index in [1.807, 2.05) is 73.7 Å². The van der Waals surface area contributed by atoms with Gasteiger partial charge in [-0.25, -0.2) is 9.78 Å². The highest BCUT2D eigenvalue weighted by molar-refractivity contribution is 5.99. The van der Waals surface area contributed by atoms with Crippen molar-refractivity contribution in [2.75, 3.05) is 10.6 Å². The van der Waals surface area contributed by atoms with Gasteiger partial charge in [-0.3, -0.25) is 0 Å². The molecule has 5 heteroatoms. The Morgan fingerprint density at radius 1 is 0.893 bits per heavy atom. The van der Waals surface area contributed by atoms with E-state index in [1.165, 1.54) is 0 Å². The van der Waals surface area contributed by atoms with Gasteiger partial charge in [0.2, 0.25) is 0 Å². The minimum Gasteiger partial charge on any atom is -0.342 e. The quantitative estimate of drug-likeness (QED) is 0.446. The molecule has 3 N–H and O–H groups in total. The number of aromatic amines is 1. The van der Waals surface area contributed by atoms with E-state index in [2.05, 4.69) is 26.7 Å². The number of imidazole rings is 1. The molecule has 2 amide bonds. The van der Waals surface area contributed by atoms with Crippen molar-refractivity contribution in [3.05, 3.63) is 89.7 Å². The number of benzene rings is 3. The Bertz CT molecular complexity index is 1070. The van der Waals surface area contributed by atoms with Crippen LogP contribution < -0.4 is 10.6 Å². The number of para-hydroxylation sites is 2. The number of carbonyl (C=O) groups excluding carboxylic acids is 1. The molecule has 0 unspecified atom stereocenters.